The first-order valence-corrected chi connectivity index (χ1v) is 8.05. The number of carbonyl (C=O) groups is 1. The minimum Gasteiger partial charge on any atom is -0.488 e. The van der Waals surface area contributed by atoms with Gasteiger partial charge >= 0.3 is 0 Å². The first-order chi connectivity index (χ1) is 10.8. The Kier molecular flexibility index (Phi) is 4.58. The number of methoxy groups -OCH3 is 1. The van der Waals surface area contributed by atoms with Crippen LogP contribution in [0.25, 0.3) is 0 Å². The van der Waals surface area contributed by atoms with Gasteiger partial charge in [0.2, 0.25) is 5.88 Å². The van der Waals surface area contributed by atoms with E-state index in [2.05, 4.69) is 4.37 Å². The van der Waals surface area contributed by atoms with Gasteiger partial charge in [-0.25, -0.2) is 0 Å². The highest BCUT2D eigenvalue weighted by molar-refractivity contribution is 7.05. The van der Waals surface area contributed by atoms with Crippen LogP contribution in [-0.4, -0.2) is 35.4 Å². The Morgan fingerprint density at radius 3 is 2.64 bits per heavy atom. The Balaban J connectivity index is 1.57. The molecule has 2 aromatic rings. The quantitative estimate of drug-likeness (QED) is 0.850. The number of benzene rings is 1. The number of hydrogen-bond acceptors (Lipinski definition) is 5. The lowest BCUT2D eigenvalue weighted by Gasteiger charge is -2.15. The van der Waals surface area contributed by atoms with E-state index >= 15 is 0 Å². The third kappa shape index (κ3) is 3.39. The number of likely N-dealkylation sites (tertiary alicyclic amines) is 1. The second-order valence-electron chi connectivity index (χ2n) is 5.15. The summed E-state index contributed by atoms with van der Waals surface area (Å²) in [5, 5.41) is 0. The van der Waals surface area contributed by atoms with Crippen molar-refractivity contribution >= 4 is 17.4 Å². The van der Waals surface area contributed by atoms with E-state index in [1.165, 1.54) is 11.5 Å². The van der Waals surface area contributed by atoms with Crippen LogP contribution >= 0.6 is 11.5 Å². The zero-order valence-electron chi connectivity index (χ0n) is 12.4. The molecule has 6 heteroatoms. The zero-order chi connectivity index (χ0) is 15.4. The number of rotatable bonds is 5. The van der Waals surface area contributed by atoms with Crippen molar-refractivity contribution in [2.24, 2.45) is 0 Å². The fraction of sp³-hybridized carbons (Fsp3) is 0.375. The summed E-state index contributed by atoms with van der Waals surface area (Å²) in [5.41, 5.74) is 0.716. The fourth-order valence-electron chi connectivity index (χ4n) is 2.41. The van der Waals surface area contributed by atoms with E-state index < -0.39 is 0 Å². The molecule has 0 saturated carbocycles. The Hall–Kier alpha value is -2.08. The average Bonchev–Trinajstić information content (AvgIpc) is 3.24. The molecule has 0 unspecified atom stereocenters. The van der Waals surface area contributed by atoms with E-state index in [4.69, 9.17) is 9.47 Å². The van der Waals surface area contributed by atoms with Crippen molar-refractivity contribution in [1.29, 1.82) is 0 Å². The molecular formula is C16H18N2O3S. The molecule has 116 valence electrons. The molecule has 1 aliphatic rings. The van der Waals surface area contributed by atoms with Gasteiger partial charge in [0, 0.05) is 24.7 Å². The number of nitrogens with zero attached hydrogens (tertiary/aromatic N) is 2. The summed E-state index contributed by atoms with van der Waals surface area (Å²) in [5.74, 6) is 1.46. The number of ether oxygens (including phenoxy) is 2. The van der Waals surface area contributed by atoms with Gasteiger partial charge in [-0.2, -0.15) is 4.37 Å². The predicted octanol–water partition coefficient (Wildman–Crippen LogP) is 2.97. The van der Waals surface area contributed by atoms with E-state index in [0.717, 1.165) is 36.6 Å². The molecule has 22 heavy (non-hydrogen) atoms. The van der Waals surface area contributed by atoms with Crippen molar-refractivity contribution < 1.29 is 14.3 Å². The summed E-state index contributed by atoms with van der Waals surface area (Å²) < 4.78 is 14.9. The normalized spacial score (nSPS) is 14.1. The summed E-state index contributed by atoms with van der Waals surface area (Å²) in [6.45, 7) is 2.18. The van der Waals surface area contributed by atoms with Crippen LogP contribution in [0.1, 0.15) is 28.1 Å². The summed E-state index contributed by atoms with van der Waals surface area (Å²) in [7, 11) is 1.59. The average molecular weight is 318 g/mol. The van der Waals surface area contributed by atoms with Crippen molar-refractivity contribution in [3.05, 3.63) is 40.8 Å². The first-order valence-electron chi connectivity index (χ1n) is 7.28. The van der Waals surface area contributed by atoms with Gasteiger partial charge in [0.05, 0.1) is 12.0 Å². The predicted molar refractivity (Wildman–Crippen MR) is 84.6 cm³/mol. The second-order valence-corrected chi connectivity index (χ2v) is 6.04. The Labute approximate surface area is 133 Å². The van der Waals surface area contributed by atoms with Crippen LogP contribution in [0.15, 0.2) is 30.3 Å². The Bertz CT molecular complexity index is 633. The lowest BCUT2D eigenvalue weighted by molar-refractivity contribution is 0.0793. The van der Waals surface area contributed by atoms with Gasteiger partial charge in [0.1, 0.15) is 12.4 Å². The number of hydrogen-bond donors (Lipinski definition) is 0. The van der Waals surface area contributed by atoms with Gasteiger partial charge in [-0.3, -0.25) is 4.79 Å². The minimum absolute atomic E-state index is 0.108. The van der Waals surface area contributed by atoms with Gasteiger partial charge in [0.25, 0.3) is 5.91 Å². The number of aromatic nitrogens is 1. The first kappa shape index (κ1) is 14.8. The fourth-order valence-corrected chi connectivity index (χ4v) is 3.01. The molecule has 5 nitrogen and oxygen atoms in total. The summed E-state index contributed by atoms with van der Waals surface area (Å²) in [6.07, 6.45) is 2.20. The van der Waals surface area contributed by atoms with Gasteiger partial charge in [-0.1, -0.05) is 0 Å². The lowest BCUT2D eigenvalue weighted by Crippen LogP contribution is -2.27. The van der Waals surface area contributed by atoms with Crippen LogP contribution in [0.3, 0.4) is 0 Å². The largest absolute Gasteiger partial charge is 0.488 e. The van der Waals surface area contributed by atoms with E-state index in [0.29, 0.717) is 18.1 Å². The van der Waals surface area contributed by atoms with Gasteiger partial charge in [-0.15, -0.1) is 0 Å². The topological polar surface area (TPSA) is 51.7 Å². The summed E-state index contributed by atoms with van der Waals surface area (Å²) in [4.78, 5) is 15.1. The molecule has 2 heterocycles. The van der Waals surface area contributed by atoms with Crippen LogP contribution in [0.4, 0.5) is 0 Å². The third-order valence-electron chi connectivity index (χ3n) is 3.62. The molecule has 0 radical (unpaired) electrons. The Morgan fingerprint density at radius 1 is 1.27 bits per heavy atom. The van der Waals surface area contributed by atoms with Gasteiger partial charge < -0.3 is 14.4 Å². The molecule has 1 amide bonds. The molecule has 3 rings (SSSR count). The van der Waals surface area contributed by atoms with Crippen molar-refractivity contribution in [2.75, 3.05) is 20.2 Å². The maximum absolute atomic E-state index is 12.2. The molecule has 1 aliphatic heterocycles. The van der Waals surface area contributed by atoms with Gasteiger partial charge in [0.15, 0.2) is 0 Å². The van der Waals surface area contributed by atoms with Crippen LogP contribution in [0.5, 0.6) is 11.6 Å². The van der Waals surface area contributed by atoms with Crippen LogP contribution in [0.2, 0.25) is 0 Å². The molecule has 0 spiro atoms. The van der Waals surface area contributed by atoms with Crippen molar-refractivity contribution in [1.82, 2.24) is 9.27 Å². The molecule has 1 aromatic heterocycles. The molecule has 0 N–H and O–H groups in total. The zero-order valence-corrected chi connectivity index (χ0v) is 13.3. The van der Waals surface area contributed by atoms with Crippen LogP contribution in [-0.2, 0) is 6.61 Å². The Morgan fingerprint density at radius 2 is 2.00 bits per heavy atom. The maximum atomic E-state index is 12.2. The van der Waals surface area contributed by atoms with E-state index in [1.54, 1.807) is 7.11 Å². The van der Waals surface area contributed by atoms with E-state index in [9.17, 15) is 4.79 Å². The van der Waals surface area contributed by atoms with E-state index in [-0.39, 0.29) is 5.91 Å². The molecular weight excluding hydrogens is 300 g/mol. The SMILES string of the molecule is COc1cc(COc2ccc(C(=O)N3CCCC3)cc2)sn1. The summed E-state index contributed by atoms with van der Waals surface area (Å²) >= 11 is 1.36. The van der Waals surface area contributed by atoms with Crippen molar-refractivity contribution in [2.45, 2.75) is 19.4 Å². The standard InChI is InChI=1S/C16H18N2O3S/c1-20-15-10-14(22-17-15)11-21-13-6-4-12(5-7-13)16(19)18-8-2-3-9-18/h4-7,10H,2-3,8-9,11H2,1H3. The molecule has 0 atom stereocenters. The van der Waals surface area contributed by atoms with Crippen LogP contribution in [0, 0.1) is 0 Å². The molecule has 1 fully saturated rings. The lowest BCUT2D eigenvalue weighted by atomic mass is 10.2. The highest BCUT2D eigenvalue weighted by Gasteiger charge is 2.19. The van der Waals surface area contributed by atoms with E-state index in [1.807, 2.05) is 35.2 Å². The smallest absolute Gasteiger partial charge is 0.253 e. The minimum atomic E-state index is 0.108. The molecule has 0 aliphatic carbocycles. The number of amides is 1. The molecule has 1 aromatic carbocycles. The van der Waals surface area contributed by atoms with Gasteiger partial charge in [-0.05, 0) is 48.6 Å². The monoisotopic (exact) mass is 318 g/mol. The highest BCUT2D eigenvalue weighted by atomic mass is 32.1. The highest BCUT2D eigenvalue weighted by Crippen LogP contribution is 2.20. The number of carbonyl (C=O) groups excluding carboxylic acids is 1. The molecule has 1 saturated heterocycles. The van der Waals surface area contributed by atoms with Crippen molar-refractivity contribution in [3.63, 3.8) is 0 Å². The van der Waals surface area contributed by atoms with Crippen LogP contribution < -0.4 is 9.47 Å². The van der Waals surface area contributed by atoms with Crippen molar-refractivity contribution in [3.8, 4) is 11.6 Å². The third-order valence-corrected chi connectivity index (χ3v) is 4.36. The summed E-state index contributed by atoms with van der Waals surface area (Å²) in [6, 6.07) is 9.17. The maximum Gasteiger partial charge on any atom is 0.253 e. The second kappa shape index (κ2) is 6.79. The molecule has 0 bridgehead atoms.